The Morgan fingerprint density at radius 2 is 0.735 bits per heavy atom. The van der Waals surface area contributed by atoms with Crippen LogP contribution in [0.1, 0.15) is 296 Å². The van der Waals surface area contributed by atoms with Crippen molar-refractivity contribution >= 4 is 44.4 Å². The maximum absolute atomic E-state index is 16.6. The van der Waals surface area contributed by atoms with Gasteiger partial charge in [-0.3, -0.25) is 0 Å². The highest BCUT2D eigenvalue weighted by Crippen LogP contribution is 2.43. The minimum absolute atomic E-state index is 0.128. The molecule has 386 valence electrons. The number of unbranched alkanes of at least 4 members (excludes halogenated alkanes) is 32. The number of hydrogen-bond acceptors (Lipinski definition) is 5. The van der Waals surface area contributed by atoms with Gasteiger partial charge in [-0.1, -0.05) is 289 Å². The van der Waals surface area contributed by atoms with Crippen molar-refractivity contribution in [3.05, 3.63) is 45.9 Å². The molecule has 0 fully saturated rings. The van der Waals surface area contributed by atoms with Crippen molar-refractivity contribution in [3.8, 4) is 20.9 Å². The number of fused-ring (bicyclic) bond motifs is 1. The summed E-state index contributed by atoms with van der Waals surface area (Å²) in [6.45, 7) is 9.23. The number of aromatic nitrogens is 2. The van der Waals surface area contributed by atoms with Gasteiger partial charge in [-0.2, -0.15) is 0 Å². The maximum Gasteiger partial charge on any atom is 0.134 e. The van der Waals surface area contributed by atoms with E-state index in [-0.39, 0.29) is 5.82 Å². The van der Waals surface area contributed by atoms with Crippen molar-refractivity contribution in [2.75, 3.05) is 0 Å². The summed E-state index contributed by atoms with van der Waals surface area (Å²) in [6.07, 6.45) is 57.5. The van der Waals surface area contributed by atoms with Gasteiger partial charge in [0.25, 0.3) is 0 Å². The average molecular weight is 992 g/mol. The molecule has 4 aromatic rings. The van der Waals surface area contributed by atoms with Gasteiger partial charge in [0.1, 0.15) is 11.3 Å². The number of benzene rings is 1. The molecular formula is C62H103FN2S3. The van der Waals surface area contributed by atoms with Crippen LogP contribution in [-0.4, -0.2) is 9.59 Å². The van der Waals surface area contributed by atoms with Crippen molar-refractivity contribution in [2.24, 2.45) is 11.8 Å². The second kappa shape index (κ2) is 39.0. The molecule has 0 amide bonds. The molecule has 0 aliphatic rings. The summed E-state index contributed by atoms with van der Waals surface area (Å²) in [4.78, 5) is 2.17. The molecule has 0 saturated heterocycles. The summed E-state index contributed by atoms with van der Waals surface area (Å²) in [5.74, 6) is 1.32. The van der Waals surface area contributed by atoms with Gasteiger partial charge < -0.3 is 0 Å². The first-order valence-corrected chi connectivity index (χ1v) is 32.2. The number of halogens is 1. The third-order valence-electron chi connectivity index (χ3n) is 15.2. The number of rotatable bonds is 46. The lowest BCUT2D eigenvalue weighted by molar-refractivity contribution is 0.400. The van der Waals surface area contributed by atoms with E-state index in [1.165, 1.54) is 279 Å². The quantitative estimate of drug-likeness (QED) is 0.0412. The van der Waals surface area contributed by atoms with E-state index in [1.54, 1.807) is 28.7 Å². The molecule has 0 radical (unpaired) electrons. The minimum atomic E-state index is -0.128. The minimum Gasteiger partial charge on any atom is -0.206 e. The molecule has 68 heavy (non-hydrogen) atoms. The molecule has 2 unspecified atom stereocenters. The fourth-order valence-corrected chi connectivity index (χ4v) is 13.6. The molecule has 0 saturated carbocycles. The van der Waals surface area contributed by atoms with Crippen molar-refractivity contribution in [1.29, 1.82) is 0 Å². The Kier molecular flexibility index (Phi) is 33.8. The van der Waals surface area contributed by atoms with Gasteiger partial charge in [0.2, 0.25) is 0 Å². The van der Waals surface area contributed by atoms with E-state index in [0.29, 0.717) is 11.5 Å². The lowest BCUT2D eigenvalue weighted by atomic mass is 9.89. The first-order chi connectivity index (χ1) is 33.6. The van der Waals surface area contributed by atoms with Crippen molar-refractivity contribution in [3.63, 3.8) is 0 Å². The van der Waals surface area contributed by atoms with Crippen molar-refractivity contribution < 1.29 is 4.39 Å². The van der Waals surface area contributed by atoms with E-state index >= 15 is 4.39 Å². The number of hydrogen-bond donors (Lipinski definition) is 0. The zero-order chi connectivity index (χ0) is 48.1. The van der Waals surface area contributed by atoms with E-state index in [0.717, 1.165) is 44.3 Å². The fourth-order valence-electron chi connectivity index (χ4n) is 10.9. The van der Waals surface area contributed by atoms with E-state index in [1.807, 2.05) is 0 Å². The van der Waals surface area contributed by atoms with E-state index in [9.17, 15) is 0 Å². The smallest absolute Gasteiger partial charge is 0.134 e. The van der Waals surface area contributed by atoms with E-state index in [2.05, 4.69) is 60.2 Å². The summed E-state index contributed by atoms with van der Waals surface area (Å²) in [7, 11) is 0. The summed E-state index contributed by atoms with van der Waals surface area (Å²) in [6, 6.07) is 6.46. The number of thiophene rings is 2. The molecule has 1 aromatic carbocycles. The van der Waals surface area contributed by atoms with Crippen LogP contribution in [0.3, 0.4) is 0 Å². The monoisotopic (exact) mass is 991 g/mol. The Morgan fingerprint density at radius 1 is 0.412 bits per heavy atom. The molecule has 0 bridgehead atoms. The molecule has 2 atom stereocenters. The van der Waals surface area contributed by atoms with Crippen LogP contribution in [0.25, 0.3) is 31.1 Å². The zero-order valence-electron chi connectivity index (χ0n) is 44.7. The van der Waals surface area contributed by atoms with Gasteiger partial charge in [0, 0.05) is 20.9 Å². The van der Waals surface area contributed by atoms with Crippen LogP contribution in [-0.2, 0) is 12.8 Å². The van der Waals surface area contributed by atoms with Crippen LogP contribution in [0, 0.1) is 17.7 Å². The molecule has 2 nitrogen and oxygen atoms in total. The Labute approximate surface area is 431 Å². The summed E-state index contributed by atoms with van der Waals surface area (Å²) in [5, 5.41) is 9.36. The van der Waals surface area contributed by atoms with Crippen LogP contribution in [0.5, 0.6) is 0 Å². The normalized spacial score (nSPS) is 12.8. The first kappa shape index (κ1) is 58.9. The highest BCUT2D eigenvalue weighted by atomic mass is 32.1. The predicted molar refractivity (Wildman–Crippen MR) is 306 cm³/mol. The molecule has 4 rings (SSSR count). The van der Waals surface area contributed by atoms with Gasteiger partial charge in [0.15, 0.2) is 0 Å². The van der Waals surface area contributed by atoms with Gasteiger partial charge >= 0.3 is 0 Å². The predicted octanol–water partition coefficient (Wildman–Crippen LogP) is 23.3. The zero-order valence-corrected chi connectivity index (χ0v) is 47.2. The molecule has 0 aliphatic carbocycles. The third kappa shape index (κ3) is 24.7. The van der Waals surface area contributed by atoms with E-state index in [4.69, 9.17) is 0 Å². The number of nitrogens with zero attached hydrogens (tertiary/aromatic N) is 2. The fraction of sp³-hybridized carbons (Fsp3) is 0.774. The standard InChI is InChI=1S/C62H103FN2S3/c1-5-9-13-17-21-25-27-31-35-39-42-52(41-37-33-29-23-19-15-11-7-3)45-54-47-58(66-50-54)56-49-57(63)60(62-61(56)64-65-68-62)59-48-55(51-67-59)46-53(43-38-34-30-24-20-16-12-8-4)44-40-36-32-28-26-22-18-14-10-6-2/h47-53H,5-46H2,1-4H3. The highest BCUT2D eigenvalue weighted by molar-refractivity contribution is 7.16. The SMILES string of the molecule is CCCCCCCCCCCCC(CCCCCCCCCC)Cc1csc(-c2cc(F)c(-c3cc(CC(CCCCCCCCCC)CCCCCCCCCCCC)cs3)c3snnc23)c1. The van der Waals surface area contributed by atoms with Crippen LogP contribution >= 0.6 is 34.2 Å². The van der Waals surface area contributed by atoms with E-state index < -0.39 is 0 Å². The highest BCUT2D eigenvalue weighted by Gasteiger charge is 2.22. The molecule has 3 aromatic heterocycles. The van der Waals surface area contributed by atoms with Crippen LogP contribution in [0.2, 0.25) is 0 Å². The van der Waals surface area contributed by atoms with Gasteiger partial charge in [-0.25, -0.2) is 4.39 Å². The largest absolute Gasteiger partial charge is 0.206 e. The molecular weight excluding hydrogens is 888 g/mol. The van der Waals surface area contributed by atoms with Crippen molar-refractivity contribution in [2.45, 2.75) is 297 Å². The van der Waals surface area contributed by atoms with Gasteiger partial charge in [-0.05, 0) is 76.3 Å². The lowest BCUT2D eigenvalue weighted by Crippen LogP contribution is -2.05. The van der Waals surface area contributed by atoms with Crippen LogP contribution < -0.4 is 0 Å². The molecule has 0 aliphatic heterocycles. The Hall–Kier alpha value is -1.63. The van der Waals surface area contributed by atoms with Crippen molar-refractivity contribution in [1.82, 2.24) is 9.59 Å². The second-order valence-corrected chi connectivity index (χ2v) is 24.1. The molecule has 6 heteroatoms. The van der Waals surface area contributed by atoms with Gasteiger partial charge in [0.05, 0.1) is 4.70 Å². The molecule has 0 spiro atoms. The third-order valence-corrected chi connectivity index (χ3v) is 18.0. The molecule has 3 heterocycles. The Morgan fingerprint density at radius 3 is 1.10 bits per heavy atom. The summed E-state index contributed by atoms with van der Waals surface area (Å²) < 4.78 is 22.0. The van der Waals surface area contributed by atoms with Crippen LogP contribution in [0.4, 0.5) is 4.39 Å². The topological polar surface area (TPSA) is 25.8 Å². The van der Waals surface area contributed by atoms with Crippen LogP contribution in [0.15, 0.2) is 29.0 Å². The van der Waals surface area contributed by atoms with Gasteiger partial charge in [-0.15, -0.1) is 27.8 Å². The summed E-state index contributed by atoms with van der Waals surface area (Å²) >= 11 is 4.85. The lowest BCUT2D eigenvalue weighted by Gasteiger charge is -2.16. The first-order valence-electron chi connectivity index (χ1n) is 29.7. The average Bonchev–Trinajstić information content (AvgIpc) is 4.14. The Balaban J connectivity index is 1.36. The molecule has 0 N–H and O–H groups in total. The summed E-state index contributed by atoms with van der Waals surface area (Å²) in [5.41, 5.74) is 5.30. The Bertz CT molecular complexity index is 1770. The second-order valence-electron chi connectivity index (χ2n) is 21.5. The maximum atomic E-state index is 16.6.